The standard InChI is InChI=1S/C18H21NO3/c1-12-4-7-14(10-17(12)20)18(2)11-16(19-22-18)13-5-8-15(21-3)9-6-13/h4-6,8-9,14H,7,10-11H2,1-3H3/t14-,18?/m0/s1. The lowest BCUT2D eigenvalue weighted by atomic mass is 9.75. The van der Waals surface area contributed by atoms with E-state index in [1.54, 1.807) is 7.11 Å². The van der Waals surface area contributed by atoms with Crippen molar-refractivity contribution in [2.24, 2.45) is 11.1 Å². The first kappa shape index (κ1) is 14.8. The molecule has 1 unspecified atom stereocenters. The number of nitrogens with zero attached hydrogens (tertiary/aromatic N) is 1. The van der Waals surface area contributed by atoms with Gasteiger partial charge >= 0.3 is 0 Å². The molecule has 0 aromatic heterocycles. The zero-order valence-corrected chi connectivity index (χ0v) is 13.3. The Morgan fingerprint density at radius 3 is 2.68 bits per heavy atom. The molecule has 0 spiro atoms. The third-order valence-corrected chi connectivity index (χ3v) is 4.75. The molecule has 0 amide bonds. The SMILES string of the molecule is COc1ccc(C2=NOC(C)([C@H]3CC=C(C)C(=O)C3)C2)cc1. The van der Waals surface area contributed by atoms with Crippen LogP contribution in [-0.2, 0) is 9.63 Å². The molecule has 3 rings (SSSR count). The minimum absolute atomic E-state index is 0.184. The maximum Gasteiger partial charge on any atom is 0.158 e. The zero-order valence-electron chi connectivity index (χ0n) is 13.3. The Morgan fingerprint density at radius 1 is 1.32 bits per heavy atom. The molecule has 0 fully saturated rings. The van der Waals surface area contributed by atoms with E-state index in [-0.39, 0.29) is 11.7 Å². The Hall–Kier alpha value is -2.10. The van der Waals surface area contributed by atoms with E-state index in [4.69, 9.17) is 9.57 Å². The maximum atomic E-state index is 12.0. The van der Waals surface area contributed by atoms with E-state index in [1.165, 1.54) is 0 Å². The Balaban J connectivity index is 1.73. The summed E-state index contributed by atoms with van der Waals surface area (Å²) in [6.45, 7) is 3.94. The summed E-state index contributed by atoms with van der Waals surface area (Å²) in [4.78, 5) is 17.7. The predicted molar refractivity (Wildman–Crippen MR) is 85.1 cm³/mol. The fourth-order valence-electron chi connectivity index (χ4n) is 3.08. The van der Waals surface area contributed by atoms with Crippen LogP contribution in [0.1, 0.15) is 38.7 Å². The molecule has 2 atom stereocenters. The zero-order chi connectivity index (χ0) is 15.7. The maximum absolute atomic E-state index is 12.0. The van der Waals surface area contributed by atoms with Gasteiger partial charge < -0.3 is 9.57 Å². The first-order valence-electron chi connectivity index (χ1n) is 7.61. The number of hydrogen-bond acceptors (Lipinski definition) is 4. The van der Waals surface area contributed by atoms with Gasteiger partial charge in [0.05, 0.1) is 12.8 Å². The van der Waals surface area contributed by atoms with Crippen molar-refractivity contribution in [2.45, 2.75) is 38.7 Å². The van der Waals surface area contributed by atoms with E-state index < -0.39 is 5.60 Å². The van der Waals surface area contributed by atoms with E-state index in [1.807, 2.05) is 37.3 Å². The molecule has 1 aromatic carbocycles. The molecule has 1 aliphatic carbocycles. The second-order valence-electron chi connectivity index (χ2n) is 6.29. The fourth-order valence-corrected chi connectivity index (χ4v) is 3.08. The molecule has 0 N–H and O–H groups in total. The van der Waals surface area contributed by atoms with Gasteiger partial charge in [0.15, 0.2) is 5.78 Å². The van der Waals surface area contributed by atoms with Gasteiger partial charge in [-0.1, -0.05) is 11.2 Å². The highest BCUT2D eigenvalue weighted by molar-refractivity contribution is 6.02. The van der Waals surface area contributed by atoms with Crippen LogP contribution >= 0.6 is 0 Å². The highest BCUT2D eigenvalue weighted by Gasteiger charge is 2.43. The minimum atomic E-state index is -0.401. The first-order valence-corrected chi connectivity index (χ1v) is 7.61. The third-order valence-electron chi connectivity index (χ3n) is 4.75. The molecule has 1 heterocycles. The molecule has 4 heteroatoms. The van der Waals surface area contributed by atoms with Crippen molar-refractivity contribution in [2.75, 3.05) is 7.11 Å². The quantitative estimate of drug-likeness (QED) is 0.858. The number of ether oxygens (including phenoxy) is 1. The summed E-state index contributed by atoms with van der Waals surface area (Å²) in [6.07, 6.45) is 4.17. The number of carbonyl (C=O) groups is 1. The van der Waals surface area contributed by atoms with Crippen molar-refractivity contribution < 1.29 is 14.4 Å². The number of allylic oxidation sites excluding steroid dienone is 2. The molecule has 0 saturated heterocycles. The molecule has 116 valence electrons. The van der Waals surface area contributed by atoms with Crippen LogP contribution in [0.25, 0.3) is 0 Å². The van der Waals surface area contributed by atoms with Gasteiger partial charge in [-0.05, 0) is 55.7 Å². The summed E-state index contributed by atoms with van der Waals surface area (Å²) in [7, 11) is 1.65. The van der Waals surface area contributed by atoms with Gasteiger partial charge in [0.25, 0.3) is 0 Å². The van der Waals surface area contributed by atoms with Crippen LogP contribution in [0.3, 0.4) is 0 Å². The number of benzene rings is 1. The monoisotopic (exact) mass is 299 g/mol. The molecule has 22 heavy (non-hydrogen) atoms. The van der Waals surface area contributed by atoms with Crippen molar-refractivity contribution in [3.8, 4) is 5.75 Å². The molecular weight excluding hydrogens is 278 g/mol. The van der Waals surface area contributed by atoms with Crippen molar-refractivity contribution in [1.29, 1.82) is 0 Å². The molecule has 2 aliphatic rings. The summed E-state index contributed by atoms with van der Waals surface area (Å²) in [6, 6.07) is 7.82. The highest BCUT2D eigenvalue weighted by Crippen LogP contribution is 2.39. The smallest absolute Gasteiger partial charge is 0.158 e. The Kier molecular flexibility index (Phi) is 3.77. The van der Waals surface area contributed by atoms with Crippen LogP contribution in [0.15, 0.2) is 41.1 Å². The first-order chi connectivity index (χ1) is 10.5. The van der Waals surface area contributed by atoms with Gasteiger partial charge in [0, 0.05) is 18.8 Å². The van der Waals surface area contributed by atoms with Crippen LogP contribution in [0.5, 0.6) is 5.75 Å². The second kappa shape index (κ2) is 5.59. The molecule has 0 saturated carbocycles. The van der Waals surface area contributed by atoms with Gasteiger partial charge in [-0.25, -0.2) is 0 Å². The number of methoxy groups -OCH3 is 1. The number of oxime groups is 1. The predicted octanol–water partition coefficient (Wildman–Crippen LogP) is 3.50. The lowest BCUT2D eigenvalue weighted by Crippen LogP contribution is -2.37. The van der Waals surface area contributed by atoms with Crippen molar-refractivity contribution >= 4 is 11.5 Å². The van der Waals surface area contributed by atoms with Crippen molar-refractivity contribution in [3.63, 3.8) is 0 Å². The normalized spacial score (nSPS) is 28.0. The Morgan fingerprint density at radius 2 is 2.05 bits per heavy atom. The summed E-state index contributed by atoms with van der Waals surface area (Å²) >= 11 is 0. The highest BCUT2D eigenvalue weighted by atomic mass is 16.7. The van der Waals surface area contributed by atoms with Gasteiger partial charge in [0.1, 0.15) is 11.4 Å². The number of rotatable bonds is 3. The average molecular weight is 299 g/mol. The third kappa shape index (κ3) is 2.65. The largest absolute Gasteiger partial charge is 0.497 e. The van der Waals surface area contributed by atoms with E-state index in [2.05, 4.69) is 12.1 Å². The molecule has 0 bridgehead atoms. The fraction of sp³-hybridized carbons (Fsp3) is 0.444. The molecule has 4 nitrogen and oxygen atoms in total. The van der Waals surface area contributed by atoms with Gasteiger partial charge in [0.2, 0.25) is 0 Å². The van der Waals surface area contributed by atoms with E-state index in [0.717, 1.165) is 35.4 Å². The molecule has 0 radical (unpaired) electrons. The Labute approximate surface area is 130 Å². The minimum Gasteiger partial charge on any atom is -0.497 e. The molecule has 1 aromatic rings. The van der Waals surface area contributed by atoms with E-state index >= 15 is 0 Å². The average Bonchev–Trinajstić information content (AvgIpc) is 2.94. The summed E-state index contributed by atoms with van der Waals surface area (Å²) in [5.41, 5.74) is 2.44. The lowest BCUT2D eigenvalue weighted by molar-refractivity contribution is -0.121. The molecule has 1 aliphatic heterocycles. The number of carbonyl (C=O) groups excluding carboxylic acids is 1. The van der Waals surface area contributed by atoms with Crippen LogP contribution in [0, 0.1) is 5.92 Å². The van der Waals surface area contributed by atoms with Crippen LogP contribution in [0.4, 0.5) is 0 Å². The number of ketones is 1. The number of hydrogen-bond donors (Lipinski definition) is 0. The van der Waals surface area contributed by atoms with Gasteiger partial charge in [-0.2, -0.15) is 0 Å². The second-order valence-corrected chi connectivity index (χ2v) is 6.29. The summed E-state index contributed by atoms with van der Waals surface area (Å²) < 4.78 is 5.17. The van der Waals surface area contributed by atoms with Crippen molar-refractivity contribution in [1.82, 2.24) is 0 Å². The van der Waals surface area contributed by atoms with Crippen LogP contribution in [-0.4, -0.2) is 24.2 Å². The van der Waals surface area contributed by atoms with Crippen molar-refractivity contribution in [3.05, 3.63) is 41.5 Å². The summed E-state index contributed by atoms with van der Waals surface area (Å²) in [5.74, 6) is 1.23. The number of Topliss-reactive ketones (excluding diaryl/α,β-unsaturated/α-hetero) is 1. The molecular formula is C18H21NO3. The topological polar surface area (TPSA) is 47.9 Å². The van der Waals surface area contributed by atoms with Gasteiger partial charge in [-0.15, -0.1) is 0 Å². The lowest BCUT2D eigenvalue weighted by Gasteiger charge is -2.32. The van der Waals surface area contributed by atoms with Gasteiger partial charge in [-0.3, -0.25) is 4.79 Å². The summed E-state index contributed by atoms with van der Waals surface area (Å²) in [5, 5.41) is 4.28. The Bertz CT molecular complexity index is 645. The van der Waals surface area contributed by atoms with Crippen LogP contribution in [0.2, 0.25) is 0 Å². The van der Waals surface area contributed by atoms with E-state index in [0.29, 0.717) is 6.42 Å². The van der Waals surface area contributed by atoms with E-state index in [9.17, 15) is 4.79 Å². The van der Waals surface area contributed by atoms with Crippen LogP contribution < -0.4 is 4.74 Å².